The van der Waals surface area contributed by atoms with Crippen LogP contribution in [0, 0.1) is 5.92 Å². The number of carbonyl (C=O) groups excluding carboxylic acids is 2. The first kappa shape index (κ1) is 19.4. The fraction of sp³-hybridized carbons (Fsp3) is 0.231. The molecule has 0 spiro atoms. The van der Waals surface area contributed by atoms with Gasteiger partial charge in [-0.05, 0) is 65.8 Å². The Balaban J connectivity index is 1.23. The standard InChI is InChI=1S/C26H25N3O2/c30-25(19-8-6-14-29(17-19)26(31)28-21-9-2-1-3-10-21)27-22-12-13-24-20(16-22)15-18-7-4-5-11-23(18)24/h1-5,7,9-13,16,19H,6,8,14-15,17H2,(H,27,30)(H,28,31). The van der Waals surface area contributed by atoms with Gasteiger partial charge in [0.2, 0.25) is 5.91 Å². The molecule has 156 valence electrons. The SMILES string of the molecule is O=C(Nc1ccc2c(c1)Cc1ccccc1-2)C1CCCN(C(=O)Nc2ccccc2)C1. The van der Waals surface area contributed by atoms with E-state index in [4.69, 9.17) is 0 Å². The summed E-state index contributed by atoms with van der Waals surface area (Å²) in [6, 6.07) is 23.8. The van der Waals surface area contributed by atoms with Gasteiger partial charge < -0.3 is 15.5 Å². The Morgan fingerprint density at radius 2 is 1.58 bits per heavy atom. The topological polar surface area (TPSA) is 61.4 Å². The minimum absolute atomic E-state index is 0.0207. The van der Waals surface area contributed by atoms with E-state index in [1.54, 1.807) is 4.90 Å². The molecular formula is C26H25N3O2. The van der Waals surface area contributed by atoms with Crippen LogP contribution in [0.1, 0.15) is 24.0 Å². The predicted molar refractivity (Wildman–Crippen MR) is 123 cm³/mol. The second-order valence-electron chi connectivity index (χ2n) is 8.28. The molecule has 1 heterocycles. The Bertz CT molecular complexity index is 1130. The maximum Gasteiger partial charge on any atom is 0.321 e. The lowest BCUT2D eigenvalue weighted by atomic mass is 9.97. The van der Waals surface area contributed by atoms with Crippen molar-refractivity contribution in [3.63, 3.8) is 0 Å². The third-order valence-electron chi connectivity index (χ3n) is 6.17. The Morgan fingerprint density at radius 1 is 0.806 bits per heavy atom. The molecule has 5 rings (SSSR count). The second-order valence-corrected chi connectivity index (χ2v) is 8.28. The Hall–Kier alpha value is -3.60. The van der Waals surface area contributed by atoms with E-state index in [1.165, 1.54) is 22.3 Å². The number of hydrogen-bond donors (Lipinski definition) is 2. The highest BCUT2D eigenvalue weighted by atomic mass is 16.2. The van der Waals surface area contributed by atoms with E-state index < -0.39 is 0 Å². The summed E-state index contributed by atoms with van der Waals surface area (Å²) in [5.74, 6) is -0.228. The zero-order chi connectivity index (χ0) is 21.2. The molecule has 1 aliphatic heterocycles. The monoisotopic (exact) mass is 411 g/mol. The van der Waals surface area contributed by atoms with Crippen LogP contribution in [-0.2, 0) is 11.2 Å². The van der Waals surface area contributed by atoms with Gasteiger partial charge in [-0.2, -0.15) is 0 Å². The maximum atomic E-state index is 12.9. The summed E-state index contributed by atoms with van der Waals surface area (Å²) in [5.41, 5.74) is 6.68. The van der Waals surface area contributed by atoms with Crippen molar-refractivity contribution in [3.8, 4) is 11.1 Å². The van der Waals surface area contributed by atoms with Gasteiger partial charge in [0.25, 0.3) is 0 Å². The number of anilines is 2. The van der Waals surface area contributed by atoms with Crippen LogP contribution in [0.15, 0.2) is 72.8 Å². The summed E-state index contributed by atoms with van der Waals surface area (Å²) in [5, 5.41) is 5.99. The van der Waals surface area contributed by atoms with E-state index in [2.05, 4.69) is 47.0 Å². The van der Waals surface area contributed by atoms with Crippen LogP contribution in [0.3, 0.4) is 0 Å². The Labute approximate surface area is 182 Å². The number of para-hydroxylation sites is 1. The molecule has 5 nitrogen and oxygen atoms in total. The molecule has 1 fully saturated rings. The number of urea groups is 1. The van der Waals surface area contributed by atoms with Crippen LogP contribution in [0.4, 0.5) is 16.2 Å². The lowest BCUT2D eigenvalue weighted by molar-refractivity contribution is -0.121. The second kappa shape index (κ2) is 8.26. The molecule has 0 bridgehead atoms. The summed E-state index contributed by atoms with van der Waals surface area (Å²) in [6.45, 7) is 1.10. The molecule has 1 unspecified atom stereocenters. The van der Waals surface area contributed by atoms with Gasteiger partial charge in [0.1, 0.15) is 0 Å². The molecule has 3 aromatic rings. The molecule has 2 aliphatic rings. The van der Waals surface area contributed by atoms with E-state index in [-0.39, 0.29) is 17.9 Å². The zero-order valence-corrected chi connectivity index (χ0v) is 17.3. The molecular weight excluding hydrogens is 386 g/mol. The number of carbonyl (C=O) groups is 2. The third-order valence-corrected chi connectivity index (χ3v) is 6.17. The largest absolute Gasteiger partial charge is 0.326 e. The number of rotatable bonds is 3. The summed E-state index contributed by atoms with van der Waals surface area (Å²) < 4.78 is 0. The van der Waals surface area contributed by atoms with E-state index >= 15 is 0 Å². The van der Waals surface area contributed by atoms with Crippen LogP contribution >= 0.6 is 0 Å². The van der Waals surface area contributed by atoms with E-state index in [0.717, 1.165) is 30.6 Å². The normalized spacial score (nSPS) is 16.9. The van der Waals surface area contributed by atoms with Crippen LogP contribution < -0.4 is 10.6 Å². The summed E-state index contributed by atoms with van der Waals surface area (Å²) >= 11 is 0. The van der Waals surface area contributed by atoms with Gasteiger partial charge in [0.15, 0.2) is 0 Å². The molecule has 0 aromatic heterocycles. The molecule has 1 atom stereocenters. The number of piperidine rings is 1. The van der Waals surface area contributed by atoms with Gasteiger partial charge >= 0.3 is 6.03 Å². The van der Waals surface area contributed by atoms with Crippen LogP contribution in [-0.4, -0.2) is 29.9 Å². The first-order valence-electron chi connectivity index (χ1n) is 10.8. The molecule has 0 saturated carbocycles. The van der Waals surface area contributed by atoms with Crippen LogP contribution in [0.25, 0.3) is 11.1 Å². The van der Waals surface area contributed by atoms with Crippen molar-refractivity contribution in [2.75, 3.05) is 23.7 Å². The van der Waals surface area contributed by atoms with Crippen molar-refractivity contribution in [2.45, 2.75) is 19.3 Å². The fourth-order valence-corrected chi connectivity index (χ4v) is 4.57. The fourth-order valence-electron chi connectivity index (χ4n) is 4.57. The highest BCUT2D eigenvalue weighted by molar-refractivity contribution is 5.95. The molecule has 1 saturated heterocycles. The van der Waals surface area contributed by atoms with Gasteiger partial charge in [-0.15, -0.1) is 0 Å². The number of fused-ring (bicyclic) bond motifs is 3. The number of nitrogens with one attached hydrogen (secondary N) is 2. The quantitative estimate of drug-likeness (QED) is 0.490. The minimum atomic E-state index is -0.208. The van der Waals surface area contributed by atoms with E-state index in [9.17, 15) is 9.59 Å². The average Bonchev–Trinajstić information content (AvgIpc) is 3.17. The van der Waals surface area contributed by atoms with Crippen molar-refractivity contribution in [2.24, 2.45) is 5.92 Å². The third kappa shape index (κ3) is 4.04. The number of hydrogen-bond acceptors (Lipinski definition) is 2. The van der Waals surface area contributed by atoms with Crippen molar-refractivity contribution < 1.29 is 9.59 Å². The van der Waals surface area contributed by atoms with Gasteiger partial charge in [-0.3, -0.25) is 4.79 Å². The molecule has 1 aliphatic carbocycles. The molecule has 5 heteroatoms. The van der Waals surface area contributed by atoms with Gasteiger partial charge in [-0.1, -0.05) is 48.5 Å². The van der Waals surface area contributed by atoms with E-state index in [0.29, 0.717) is 13.1 Å². The van der Waals surface area contributed by atoms with Gasteiger partial charge in [0, 0.05) is 24.5 Å². The number of benzene rings is 3. The molecule has 3 aromatic carbocycles. The molecule has 31 heavy (non-hydrogen) atoms. The minimum Gasteiger partial charge on any atom is -0.326 e. The predicted octanol–water partition coefficient (Wildman–Crippen LogP) is 5.14. The van der Waals surface area contributed by atoms with Gasteiger partial charge in [0.05, 0.1) is 5.92 Å². The Morgan fingerprint density at radius 3 is 2.45 bits per heavy atom. The maximum absolute atomic E-state index is 12.9. The van der Waals surface area contributed by atoms with E-state index in [1.807, 2.05) is 36.4 Å². The van der Waals surface area contributed by atoms with Crippen LogP contribution in [0.5, 0.6) is 0 Å². The molecule has 2 N–H and O–H groups in total. The Kier molecular flexibility index (Phi) is 5.16. The lowest BCUT2D eigenvalue weighted by Crippen LogP contribution is -2.45. The first-order chi connectivity index (χ1) is 15.2. The number of likely N-dealkylation sites (tertiary alicyclic amines) is 1. The first-order valence-corrected chi connectivity index (χ1v) is 10.8. The smallest absolute Gasteiger partial charge is 0.321 e. The van der Waals surface area contributed by atoms with Crippen LogP contribution in [0.2, 0.25) is 0 Å². The van der Waals surface area contributed by atoms with Crippen molar-refractivity contribution in [1.29, 1.82) is 0 Å². The highest BCUT2D eigenvalue weighted by Gasteiger charge is 2.29. The number of amides is 3. The lowest BCUT2D eigenvalue weighted by Gasteiger charge is -2.32. The zero-order valence-electron chi connectivity index (χ0n) is 17.3. The summed E-state index contributed by atoms with van der Waals surface area (Å²) in [6.07, 6.45) is 2.50. The van der Waals surface area contributed by atoms with Crippen molar-refractivity contribution in [1.82, 2.24) is 4.90 Å². The summed E-state index contributed by atoms with van der Waals surface area (Å²) in [7, 11) is 0. The van der Waals surface area contributed by atoms with Crippen molar-refractivity contribution in [3.05, 3.63) is 83.9 Å². The highest BCUT2D eigenvalue weighted by Crippen LogP contribution is 2.37. The van der Waals surface area contributed by atoms with Crippen molar-refractivity contribution >= 4 is 23.3 Å². The summed E-state index contributed by atoms with van der Waals surface area (Å²) in [4.78, 5) is 27.3. The number of nitrogens with zero attached hydrogens (tertiary/aromatic N) is 1. The molecule has 0 radical (unpaired) electrons. The average molecular weight is 412 g/mol. The molecule has 3 amide bonds. The van der Waals surface area contributed by atoms with Gasteiger partial charge in [-0.25, -0.2) is 4.79 Å².